The second-order valence-corrected chi connectivity index (χ2v) is 7.43. The van der Waals surface area contributed by atoms with Gasteiger partial charge in [-0.25, -0.2) is 0 Å². The Morgan fingerprint density at radius 3 is 2.30 bits per heavy atom. The number of methoxy groups -OCH3 is 3. The van der Waals surface area contributed by atoms with Crippen molar-refractivity contribution < 1.29 is 19.0 Å². The van der Waals surface area contributed by atoms with Crippen LogP contribution in [0.25, 0.3) is 11.4 Å². The number of ether oxygens (including phenoxy) is 3. The Labute approximate surface area is 192 Å². The molecule has 0 saturated heterocycles. The quantitative estimate of drug-likeness (QED) is 0.504. The molecule has 1 N–H and O–H groups in total. The van der Waals surface area contributed by atoms with Crippen LogP contribution < -0.4 is 19.8 Å². The molecule has 174 valence electrons. The molecule has 0 bridgehead atoms. The fourth-order valence-corrected chi connectivity index (χ4v) is 3.28. The summed E-state index contributed by atoms with van der Waals surface area (Å²) in [6.07, 6.45) is 1.05. The van der Waals surface area contributed by atoms with Gasteiger partial charge in [-0.15, -0.1) is 10.2 Å². The zero-order valence-corrected chi connectivity index (χ0v) is 19.3. The monoisotopic (exact) mass is 452 g/mol. The summed E-state index contributed by atoms with van der Waals surface area (Å²) in [6.45, 7) is 0.534. The van der Waals surface area contributed by atoms with Crippen molar-refractivity contribution in [3.63, 3.8) is 0 Å². The normalized spacial score (nSPS) is 10.5. The number of carbonyl (C=O) groups is 1. The average Bonchev–Trinajstić information content (AvgIpc) is 2.86. The number of amides is 1. The van der Waals surface area contributed by atoms with Gasteiger partial charge in [-0.05, 0) is 48.4 Å². The molecule has 3 aromatic rings. The molecule has 33 heavy (non-hydrogen) atoms. The fraction of sp³-hybridized carbons (Fsp3) is 0.333. The summed E-state index contributed by atoms with van der Waals surface area (Å²) in [5, 5.41) is 8.14. The predicted molar refractivity (Wildman–Crippen MR) is 124 cm³/mol. The lowest BCUT2D eigenvalue weighted by Gasteiger charge is -2.17. The maximum Gasteiger partial charge on any atom is 0.273 e. The SMILES string of the molecule is COc1ccc(-c2nnc(CCC(=O)N(C)CCc3ccc(OC)c(OC)c3)c(=O)[nH]2)cc1. The number of hydrogen-bond donors (Lipinski definition) is 1. The molecule has 1 amide bonds. The van der Waals surface area contributed by atoms with E-state index >= 15 is 0 Å². The van der Waals surface area contributed by atoms with Gasteiger partial charge in [-0.2, -0.15) is 0 Å². The molecule has 1 aromatic heterocycles. The van der Waals surface area contributed by atoms with Gasteiger partial charge in [0, 0.05) is 32.0 Å². The summed E-state index contributed by atoms with van der Waals surface area (Å²) < 4.78 is 15.7. The number of nitrogens with zero attached hydrogens (tertiary/aromatic N) is 3. The van der Waals surface area contributed by atoms with Crippen LogP contribution in [0.2, 0.25) is 0 Å². The van der Waals surface area contributed by atoms with E-state index in [1.807, 2.05) is 18.2 Å². The number of nitrogens with one attached hydrogen (secondary N) is 1. The second-order valence-electron chi connectivity index (χ2n) is 7.43. The van der Waals surface area contributed by atoms with Crippen LogP contribution in [0.1, 0.15) is 17.7 Å². The molecular weight excluding hydrogens is 424 g/mol. The van der Waals surface area contributed by atoms with Crippen molar-refractivity contribution in [2.75, 3.05) is 34.9 Å². The molecule has 2 aromatic carbocycles. The molecule has 0 saturated carbocycles. The van der Waals surface area contributed by atoms with Gasteiger partial charge in [-0.1, -0.05) is 6.07 Å². The van der Waals surface area contributed by atoms with E-state index in [9.17, 15) is 9.59 Å². The Morgan fingerprint density at radius 1 is 0.939 bits per heavy atom. The highest BCUT2D eigenvalue weighted by Gasteiger charge is 2.13. The van der Waals surface area contributed by atoms with Crippen LogP contribution >= 0.6 is 0 Å². The van der Waals surface area contributed by atoms with Crippen molar-refractivity contribution in [2.24, 2.45) is 0 Å². The molecule has 0 radical (unpaired) electrons. The van der Waals surface area contributed by atoms with Crippen LogP contribution in [0.4, 0.5) is 0 Å². The predicted octanol–water partition coefficient (Wildman–Crippen LogP) is 2.49. The minimum Gasteiger partial charge on any atom is -0.497 e. The second kappa shape index (κ2) is 11.1. The standard InChI is InChI=1S/C24H28N4O5/c1-28(14-13-16-5-11-20(32-3)21(15-16)33-4)22(29)12-10-19-24(30)25-23(27-26-19)17-6-8-18(31-2)9-7-17/h5-9,11,15H,10,12-14H2,1-4H3,(H,25,27,30). The zero-order chi connectivity index (χ0) is 23.8. The topological polar surface area (TPSA) is 107 Å². The van der Waals surface area contributed by atoms with E-state index < -0.39 is 0 Å². The minimum atomic E-state index is -0.350. The number of rotatable bonds is 10. The van der Waals surface area contributed by atoms with Gasteiger partial charge in [0.05, 0.1) is 21.3 Å². The Balaban J connectivity index is 1.54. The number of aromatic amines is 1. The van der Waals surface area contributed by atoms with Gasteiger partial charge in [0.2, 0.25) is 5.91 Å². The third-order valence-electron chi connectivity index (χ3n) is 5.31. The largest absolute Gasteiger partial charge is 0.497 e. The van der Waals surface area contributed by atoms with Gasteiger partial charge in [0.25, 0.3) is 5.56 Å². The van der Waals surface area contributed by atoms with Crippen LogP contribution in [0.3, 0.4) is 0 Å². The lowest BCUT2D eigenvalue weighted by atomic mass is 10.1. The number of aryl methyl sites for hydroxylation is 1. The molecule has 0 unspecified atom stereocenters. The summed E-state index contributed by atoms with van der Waals surface area (Å²) >= 11 is 0. The molecule has 9 nitrogen and oxygen atoms in total. The molecule has 1 heterocycles. The van der Waals surface area contributed by atoms with E-state index in [0.717, 1.165) is 11.1 Å². The van der Waals surface area contributed by atoms with E-state index in [1.165, 1.54) is 0 Å². The van der Waals surface area contributed by atoms with Crippen molar-refractivity contribution in [2.45, 2.75) is 19.3 Å². The van der Waals surface area contributed by atoms with Crippen LogP contribution in [-0.4, -0.2) is 60.9 Å². The summed E-state index contributed by atoms with van der Waals surface area (Å²) in [5.41, 5.74) is 1.63. The number of hydrogen-bond acceptors (Lipinski definition) is 7. The smallest absolute Gasteiger partial charge is 0.273 e. The highest BCUT2D eigenvalue weighted by atomic mass is 16.5. The number of H-pyrrole nitrogens is 1. The maximum atomic E-state index is 12.5. The Kier molecular flexibility index (Phi) is 8.01. The van der Waals surface area contributed by atoms with Crippen LogP contribution in [0, 0.1) is 0 Å². The van der Waals surface area contributed by atoms with Crippen molar-refractivity contribution >= 4 is 5.91 Å². The number of carbonyl (C=O) groups excluding carboxylic acids is 1. The van der Waals surface area contributed by atoms with Crippen molar-refractivity contribution in [1.82, 2.24) is 20.1 Å². The van der Waals surface area contributed by atoms with Gasteiger partial charge < -0.3 is 24.1 Å². The molecule has 3 rings (SSSR count). The highest BCUT2D eigenvalue weighted by molar-refractivity contribution is 5.76. The van der Waals surface area contributed by atoms with Gasteiger partial charge in [0.15, 0.2) is 17.3 Å². The summed E-state index contributed by atoms with van der Waals surface area (Å²) in [7, 11) is 6.50. The minimum absolute atomic E-state index is 0.0732. The Bertz CT molecular complexity index is 1140. The summed E-state index contributed by atoms with van der Waals surface area (Å²) in [6, 6.07) is 12.8. The molecule has 0 aliphatic carbocycles. The molecule has 9 heteroatoms. The van der Waals surface area contributed by atoms with E-state index in [1.54, 1.807) is 57.5 Å². The first-order valence-electron chi connectivity index (χ1n) is 10.5. The van der Waals surface area contributed by atoms with Gasteiger partial charge in [-0.3, -0.25) is 9.59 Å². The third kappa shape index (κ3) is 6.09. The average molecular weight is 453 g/mol. The summed E-state index contributed by atoms with van der Waals surface area (Å²) in [5.74, 6) is 2.31. The molecule has 0 fully saturated rings. The molecule has 0 atom stereocenters. The van der Waals surface area contributed by atoms with E-state index in [-0.39, 0.29) is 30.0 Å². The first-order valence-corrected chi connectivity index (χ1v) is 10.5. The molecular formula is C24H28N4O5. The van der Waals surface area contributed by atoms with Crippen LogP contribution in [0.15, 0.2) is 47.3 Å². The lowest BCUT2D eigenvalue weighted by molar-refractivity contribution is -0.129. The third-order valence-corrected chi connectivity index (χ3v) is 5.31. The first-order chi connectivity index (χ1) is 15.9. The van der Waals surface area contributed by atoms with E-state index in [0.29, 0.717) is 36.0 Å². The molecule has 0 aliphatic rings. The van der Waals surface area contributed by atoms with Crippen molar-refractivity contribution in [3.05, 3.63) is 64.1 Å². The highest BCUT2D eigenvalue weighted by Crippen LogP contribution is 2.27. The number of aromatic nitrogens is 3. The lowest BCUT2D eigenvalue weighted by Crippen LogP contribution is -2.30. The maximum absolute atomic E-state index is 12.5. The number of likely N-dealkylation sites (N-methyl/N-ethyl adjacent to an activating group) is 1. The molecule has 0 aliphatic heterocycles. The van der Waals surface area contributed by atoms with Gasteiger partial charge >= 0.3 is 0 Å². The Morgan fingerprint density at radius 2 is 1.67 bits per heavy atom. The van der Waals surface area contributed by atoms with Crippen LogP contribution in [0.5, 0.6) is 17.2 Å². The Hall–Kier alpha value is -3.88. The van der Waals surface area contributed by atoms with Crippen LogP contribution in [-0.2, 0) is 17.6 Å². The van der Waals surface area contributed by atoms with Gasteiger partial charge in [0.1, 0.15) is 11.4 Å². The first kappa shape index (κ1) is 23.8. The summed E-state index contributed by atoms with van der Waals surface area (Å²) in [4.78, 5) is 29.3. The van der Waals surface area contributed by atoms with Crippen molar-refractivity contribution in [1.29, 1.82) is 0 Å². The zero-order valence-electron chi connectivity index (χ0n) is 19.3. The fourth-order valence-electron chi connectivity index (χ4n) is 3.28. The van der Waals surface area contributed by atoms with E-state index in [4.69, 9.17) is 14.2 Å². The van der Waals surface area contributed by atoms with E-state index in [2.05, 4.69) is 15.2 Å². The molecule has 0 spiro atoms. The van der Waals surface area contributed by atoms with Crippen molar-refractivity contribution in [3.8, 4) is 28.6 Å². The number of benzene rings is 2.